The van der Waals surface area contributed by atoms with Gasteiger partial charge in [-0.05, 0) is 44.1 Å². The second kappa shape index (κ2) is 6.05. The van der Waals surface area contributed by atoms with E-state index in [1.807, 2.05) is 0 Å². The molecule has 0 radical (unpaired) electrons. The van der Waals surface area contributed by atoms with E-state index in [9.17, 15) is 0 Å². The highest BCUT2D eigenvalue weighted by atomic mass is 14.9. The van der Waals surface area contributed by atoms with E-state index in [1.54, 1.807) is 0 Å². The molecule has 94 valence electrons. The van der Waals surface area contributed by atoms with Crippen LogP contribution in [0, 0.1) is 17.8 Å². The minimum Gasteiger partial charge on any atom is -0.317 e. The molecule has 0 aromatic carbocycles. The summed E-state index contributed by atoms with van der Waals surface area (Å²) in [4.78, 5) is 0. The summed E-state index contributed by atoms with van der Waals surface area (Å²) in [5.74, 6) is 3.05. The van der Waals surface area contributed by atoms with Gasteiger partial charge in [-0.2, -0.15) is 0 Å². The SMILES string of the molecule is CCC1CCC(C(CC2CCCC2)NC)C1. The summed E-state index contributed by atoms with van der Waals surface area (Å²) in [6, 6.07) is 0.819. The smallest absolute Gasteiger partial charge is 0.00950 e. The van der Waals surface area contributed by atoms with E-state index in [4.69, 9.17) is 0 Å². The molecule has 1 heteroatoms. The van der Waals surface area contributed by atoms with Crippen LogP contribution in [0.25, 0.3) is 0 Å². The van der Waals surface area contributed by atoms with Crippen LogP contribution in [0.2, 0.25) is 0 Å². The normalized spacial score (nSPS) is 33.4. The second-order valence-electron chi connectivity index (χ2n) is 6.13. The Labute approximate surface area is 101 Å². The molecule has 0 bridgehead atoms. The first kappa shape index (κ1) is 12.4. The fourth-order valence-electron chi connectivity index (χ4n) is 4.00. The first-order valence-corrected chi connectivity index (χ1v) is 7.50. The minimum atomic E-state index is 0.819. The number of hydrogen-bond acceptors (Lipinski definition) is 1. The predicted octanol–water partition coefficient (Wildman–Crippen LogP) is 3.98. The summed E-state index contributed by atoms with van der Waals surface area (Å²) in [6.45, 7) is 2.36. The van der Waals surface area contributed by atoms with Crippen LogP contribution >= 0.6 is 0 Å². The molecule has 2 saturated carbocycles. The van der Waals surface area contributed by atoms with Gasteiger partial charge in [-0.1, -0.05) is 45.4 Å². The summed E-state index contributed by atoms with van der Waals surface area (Å²) < 4.78 is 0. The highest BCUT2D eigenvalue weighted by Gasteiger charge is 2.31. The van der Waals surface area contributed by atoms with E-state index in [-0.39, 0.29) is 0 Å². The molecule has 0 heterocycles. The molecule has 0 amide bonds. The first-order chi connectivity index (χ1) is 7.83. The van der Waals surface area contributed by atoms with Crippen molar-refractivity contribution >= 4 is 0 Å². The molecule has 0 aliphatic heterocycles. The molecular weight excluding hydrogens is 194 g/mol. The third-order valence-electron chi connectivity index (χ3n) is 5.16. The van der Waals surface area contributed by atoms with E-state index in [2.05, 4.69) is 19.3 Å². The molecular formula is C15H29N. The lowest BCUT2D eigenvalue weighted by molar-refractivity contribution is 0.301. The summed E-state index contributed by atoms with van der Waals surface area (Å²) >= 11 is 0. The zero-order valence-electron chi connectivity index (χ0n) is 11.2. The summed E-state index contributed by atoms with van der Waals surface area (Å²) in [7, 11) is 2.18. The van der Waals surface area contributed by atoms with Crippen LogP contribution in [0.5, 0.6) is 0 Å². The predicted molar refractivity (Wildman–Crippen MR) is 70.5 cm³/mol. The number of hydrogen-bond donors (Lipinski definition) is 1. The summed E-state index contributed by atoms with van der Waals surface area (Å²) in [6.07, 6.45) is 13.3. The van der Waals surface area contributed by atoms with Crippen molar-refractivity contribution in [2.75, 3.05) is 7.05 Å². The summed E-state index contributed by atoms with van der Waals surface area (Å²) in [5.41, 5.74) is 0. The van der Waals surface area contributed by atoms with Crippen molar-refractivity contribution in [1.82, 2.24) is 5.32 Å². The van der Waals surface area contributed by atoms with Crippen LogP contribution in [0.15, 0.2) is 0 Å². The lowest BCUT2D eigenvalue weighted by Gasteiger charge is -2.26. The molecule has 3 unspecified atom stereocenters. The Morgan fingerprint density at radius 1 is 1.06 bits per heavy atom. The standard InChI is InChI=1S/C15H29N/c1-3-12-8-9-14(10-12)15(16-2)11-13-6-4-5-7-13/h12-16H,3-11H2,1-2H3. The molecule has 0 spiro atoms. The van der Waals surface area contributed by atoms with Gasteiger partial charge in [0.1, 0.15) is 0 Å². The van der Waals surface area contributed by atoms with Crippen molar-refractivity contribution in [2.45, 2.75) is 70.8 Å². The van der Waals surface area contributed by atoms with Crippen LogP contribution in [0.4, 0.5) is 0 Å². The highest BCUT2D eigenvalue weighted by Crippen LogP contribution is 2.38. The molecule has 0 aromatic rings. The van der Waals surface area contributed by atoms with Gasteiger partial charge in [0.25, 0.3) is 0 Å². The zero-order valence-corrected chi connectivity index (χ0v) is 11.2. The Hall–Kier alpha value is -0.0400. The zero-order chi connectivity index (χ0) is 11.4. The molecule has 2 aliphatic carbocycles. The van der Waals surface area contributed by atoms with Gasteiger partial charge in [-0.3, -0.25) is 0 Å². The lowest BCUT2D eigenvalue weighted by atomic mass is 9.88. The average molecular weight is 223 g/mol. The highest BCUT2D eigenvalue weighted by molar-refractivity contribution is 4.86. The molecule has 2 aliphatic rings. The molecule has 0 aromatic heterocycles. The quantitative estimate of drug-likeness (QED) is 0.743. The van der Waals surface area contributed by atoms with E-state index in [1.165, 1.54) is 57.8 Å². The van der Waals surface area contributed by atoms with Crippen molar-refractivity contribution in [2.24, 2.45) is 17.8 Å². The average Bonchev–Trinajstić information content (AvgIpc) is 2.96. The molecule has 1 N–H and O–H groups in total. The van der Waals surface area contributed by atoms with E-state index >= 15 is 0 Å². The van der Waals surface area contributed by atoms with Gasteiger partial charge in [0.05, 0.1) is 0 Å². The Morgan fingerprint density at radius 3 is 2.38 bits per heavy atom. The van der Waals surface area contributed by atoms with E-state index in [0.29, 0.717) is 0 Å². The molecule has 16 heavy (non-hydrogen) atoms. The topological polar surface area (TPSA) is 12.0 Å². The van der Waals surface area contributed by atoms with Gasteiger partial charge < -0.3 is 5.32 Å². The van der Waals surface area contributed by atoms with Gasteiger partial charge >= 0.3 is 0 Å². The van der Waals surface area contributed by atoms with E-state index in [0.717, 1.165) is 23.8 Å². The fourth-order valence-corrected chi connectivity index (χ4v) is 4.00. The number of nitrogens with one attached hydrogen (secondary N) is 1. The maximum atomic E-state index is 3.62. The molecule has 2 rings (SSSR count). The van der Waals surface area contributed by atoms with Gasteiger partial charge in [0, 0.05) is 6.04 Å². The van der Waals surface area contributed by atoms with Crippen molar-refractivity contribution in [3.8, 4) is 0 Å². The van der Waals surface area contributed by atoms with Crippen molar-refractivity contribution in [1.29, 1.82) is 0 Å². The largest absolute Gasteiger partial charge is 0.317 e. The molecule has 0 saturated heterocycles. The third kappa shape index (κ3) is 3.00. The monoisotopic (exact) mass is 223 g/mol. The first-order valence-electron chi connectivity index (χ1n) is 7.50. The van der Waals surface area contributed by atoms with E-state index < -0.39 is 0 Å². The maximum absolute atomic E-state index is 3.62. The van der Waals surface area contributed by atoms with Crippen LogP contribution < -0.4 is 5.32 Å². The Kier molecular flexibility index (Phi) is 4.69. The molecule has 3 atom stereocenters. The molecule has 1 nitrogen and oxygen atoms in total. The fraction of sp³-hybridized carbons (Fsp3) is 1.00. The summed E-state index contributed by atoms with van der Waals surface area (Å²) in [5, 5.41) is 3.62. The Bertz CT molecular complexity index is 196. The van der Waals surface area contributed by atoms with Gasteiger partial charge in [-0.25, -0.2) is 0 Å². The van der Waals surface area contributed by atoms with Gasteiger partial charge in [0.15, 0.2) is 0 Å². The molecule has 2 fully saturated rings. The lowest BCUT2D eigenvalue weighted by Crippen LogP contribution is -2.34. The second-order valence-corrected chi connectivity index (χ2v) is 6.13. The van der Waals surface area contributed by atoms with Crippen LogP contribution in [0.1, 0.15) is 64.7 Å². The Balaban J connectivity index is 1.80. The van der Waals surface area contributed by atoms with Crippen LogP contribution in [-0.4, -0.2) is 13.1 Å². The van der Waals surface area contributed by atoms with Gasteiger partial charge in [-0.15, -0.1) is 0 Å². The van der Waals surface area contributed by atoms with Crippen molar-refractivity contribution in [3.63, 3.8) is 0 Å². The van der Waals surface area contributed by atoms with Crippen LogP contribution in [-0.2, 0) is 0 Å². The van der Waals surface area contributed by atoms with Crippen molar-refractivity contribution < 1.29 is 0 Å². The van der Waals surface area contributed by atoms with Crippen molar-refractivity contribution in [3.05, 3.63) is 0 Å². The maximum Gasteiger partial charge on any atom is 0.00950 e. The van der Waals surface area contributed by atoms with Crippen LogP contribution in [0.3, 0.4) is 0 Å². The Morgan fingerprint density at radius 2 is 1.81 bits per heavy atom. The third-order valence-corrected chi connectivity index (χ3v) is 5.16. The van der Waals surface area contributed by atoms with Gasteiger partial charge in [0.2, 0.25) is 0 Å². The number of rotatable bonds is 5. The minimum absolute atomic E-state index is 0.819.